The van der Waals surface area contributed by atoms with Crippen LogP contribution in [0.4, 0.5) is 10.1 Å². The molecule has 0 aliphatic carbocycles. The zero-order valence-electron chi connectivity index (χ0n) is 10.4. The lowest BCUT2D eigenvalue weighted by atomic mass is 9.97. The average molecular weight is 292 g/mol. The van der Waals surface area contributed by atoms with E-state index in [4.69, 9.17) is 11.6 Å². The predicted molar refractivity (Wildman–Crippen MR) is 74.2 cm³/mol. The Morgan fingerprint density at radius 2 is 1.95 bits per heavy atom. The number of carbonyl (C=O) groups is 1. The van der Waals surface area contributed by atoms with Crippen molar-refractivity contribution in [2.45, 2.75) is 12.5 Å². The Bertz CT molecular complexity index is 685. The first-order chi connectivity index (χ1) is 9.54. The van der Waals surface area contributed by atoms with E-state index in [9.17, 15) is 14.3 Å². The van der Waals surface area contributed by atoms with Crippen LogP contribution in [0.2, 0.25) is 5.02 Å². The van der Waals surface area contributed by atoms with Crippen molar-refractivity contribution < 1.29 is 14.3 Å². The third-order valence-corrected chi connectivity index (χ3v) is 3.53. The van der Waals surface area contributed by atoms with Crippen molar-refractivity contribution in [3.8, 4) is 0 Å². The molecule has 1 heterocycles. The number of carbonyl (C=O) groups excluding carboxylic acids is 1. The molecule has 0 saturated carbocycles. The number of hydrogen-bond donors (Lipinski definition) is 2. The van der Waals surface area contributed by atoms with Crippen LogP contribution in [0.15, 0.2) is 36.4 Å². The summed E-state index contributed by atoms with van der Waals surface area (Å²) in [6, 6.07) is 8.88. The highest BCUT2D eigenvalue weighted by molar-refractivity contribution is 6.31. The minimum atomic E-state index is -0.971. The fourth-order valence-corrected chi connectivity index (χ4v) is 2.62. The van der Waals surface area contributed by atoms with Gasteiger partial charge in [-0.1, -0.05) is 23.7 Å². The van der Waals surface area contributed by atoms with Crippen LogP contribution < -0.4 is 5.32 Å². The van der Waals surface area contributed by atoms with E-state index in [-0.39, 0.29) is 18.1 Å². The molecule has 2 aromatic rings. The van der Waals surface area contributed by atoms with Crippen molar-refractivity contribution in [2.75, 3.05) is 5.32 Å². The molecular weight excluding hydrogens is 281 g/mol. The Balaban J connectivity index is 2.06. The number of anilines is 1. The highest BCUT2D eigenvalue weighted by atomic mass is 35.5. The van der Waals surface area contributed by atoms with Crippen molar-refractivity contribution >= 4 is 23.2 Å². The first-order valence-corrected chi connectivity index (χ1v) is 6.48. The van der Waals surface area contributed by atoms with E-state index in [2.05, 4.69) is 5.32 Å². The average Bonchev–Trinajstić information content (AvgIpc) is 2.78. The van der Waals surface area contributed by atoms with Crippen LogP contribution in [0, 0.1) is 5.82 Å². The van der Waals surface area contributed by atoms with Gasteiger partial charge < -0.3 is 10.4 Å². The lowest BCUT2D eigenvalue weighted by Gasteiger charge is -2.16. The molecule has 5 heteroatoms. The summed E-state index contributed by atoms with van der Waals surface area (Å²) < 4.78 is 12.9. The van der Waals surface area contributed by atoms with Gasteiger partial charge in [-0.15, -0.1) is 0 Å². The quantitative estimate of drug-likeness (QED) is 0.893. The molecule has 0 radical (unpaired) electrons. The number of amides is 1. The third-order valence-electron chi connectivity index (χ3n) is 3.31. The van der Waals surface area contributed by atoms with Gasteiger partial charge in [0.2, 0.25) is 5.91 Å². The summed E-state index contributed by atoms with van der Waals surface area (Å²) >= 11 is 6.02. The molecule has 20 heavy (non-hydrogen) atoms. The number of nitrogens with one attached hydrogen (secondary N) is 1. The first kappa shape index (κ1) is 13.1. The lowest BCUT2D eigenvalue weighted by molar-refractivity contribution is -0.115. The van der Waals surface area contributed by atoms with E-state index in [1.165, 1.54) is 24.3 Å². The predicted octanol–water partition coefficient (Wildman–Crippen LogP) is 3.06. The molecule has 102 valence electrons. The maximum Gasteiger partial charge on any atom is 0.228 e. The SMILES string of the molecule is O=C1Cc2cc(Cl)cc(C(O)c3ccc(F)cc3)c2N1. The molecule has 1 aliphatic heterocycles. The largest absolute Gasteiger partial charge is 0.384 e. The Labute approximate surface area is 120 Å². The molecular formula is C15H11ClFNO2. The second kappa shape index (κ2) is 4.89. The van der Waals surface area contributed by atoms with Gasteiger partial charge in [-0.2, -0.15) is 0 Å². The number of aliphatic hydroxyl groups is 1. The van der Waals surface area contributed by atoms with Gasteiger partial charge in [0.05, 0.1) is 12.1 Å². The molecule has 0 bridgehead atoms. The third kappa shape index (κ3) is 2.28. The first-order valence-electron chi connectivity index (χ1n) is 6.10. The molecule has 3 nitrogen and oxygen atoms in total. The van der Waals surface area contributed by atoms with Crippen LogP contribution in [-0.4, -0.2) is 11.0 Å². The van der Waals surface area contributed by atoms with Crippen molar-refractivity contribution in [2.24, 2.45) is 0 Å². The molecule has 0 saturated heterocycles. The number of halogens is 2. The lowest BCUT2D eigenvalue weighted by Crippen LogP contribution is -2.07. The van der Waals surface area contributed by atoms with Crippen molar-refractivity contribution in [3.05, 3.63) is 63.9 Å². The standard InChI is InChI=1S/C15H11ClFNO2/c16-10-5-9-6-13(19)18-14(9)12(7-10)15(20)8-1-3-11(17)4-2-8/h1-5,7,15,20H,6H2,(H,18,19). The van der Waals surface area contributed by atoms with E-state index < -0.39 is 6.10 Å². The molecule has 0 fully saturated rings. The molecule has 0 spiro atoms. The topological polar surface area (TPSA) is 49.3 Å². The maximum atomic E-state index is 12.9. The summed E-state index contributed by atoms with van der Waals surface area (Å²) in [4.78, 5) is 11.5. The van der Waals surface area contributed by atoms with E-state index in [0.717, 1.165) is 5.56 Å². The monoisotopic (exact) mass is 291 g/mol. The van der Waals surface area contributed by atoms with Gasteiger partial charge in [0, 0.05) is 10.6 Å². The van der Waals surface area contributed by atoms with E-state index in [1.54, 1.807) is 12.1 Å². The van der Waals surface area contributed by atoms with Gasteiger partial charge in [0.25, 0.3) is 0 Å². The minimum Gasteiger partial charge on any atom is -0.384 e. The second-order valence-electron chi connectivity index (χ2n) is 4.71. The van der Waals surface area contributed by atoms with Crippen LogP contribution in [0.5, 0.6) is 0 Å². The van der Waals surface area contributed by atoms with Gasteiger partial charge in [0.1, 0.15) is 11.9 Å². The molecule has 1 unspecified atom stereocenters. The van der Waals surface area contributed by atoms with Crippen molar-refractivity contribution in [3.63, 3.8) is 0 Å². The highest BCUT2D eigenvalue weighted by Gasteiger charge is 2.25. The fraction of sp³-hybridized carbons (Fsp3) is 0.133. The fourth-order valence-electron chi connectivity index (χ4n) is 2.38. The van der Waals surface area contributed by atoms with Gasteiger partial charge in [-0.05, 0) is 35.4 Å². The normalized spacial score (nSPS) is 14.8. The summed E-state index contributed by atoms with van der Waals surface area (Å²) in [6.07, 6.45) is -0.722. The summed E-state index contributed by atoms with van der Waals surface area (Å²) in [5, 5.41) is 13.6. The van der Waals surface area contributed by atoms with Crippen molar-refractivity contribution in [1.29, 1.82) is 0 Å². The minimum absolute atomic E-state index is 0.130. The summed E-state index contributed by atoms with van der Waals surface area (Å²) in [7, 11) is 0. The zero-order chi connectivity index (χ0) is 14.3. The molecule has 1 aliphatic rings. The molecule has 1 atom stereocenters. The number of benzene rings is 2. The Morgan fingerprint density at radius 3 is 2.65 bits per heavy atom. The van der Waals surface area contributed by atoms with Gasteiger partial charge in [-0.25, -0.2) is 4.39 Å². The van der Waals surface area contributed by atoms with Crippen LogP contribution in [0.25, 0.3) is 0 Å². The Hall–Kier alpha value is -1.91. The summed E-state index contributed by atoms with van der Waals surface area (Å²) in [5.41, 5.74) is 2.41. The number of aliphatic hydroxyl groups excluding tert-OH is 1. The highest BCUT2D eigenvalue weighted by Crippen LogP contribution is 2.36. The number of hydrogen-bond acceptors (Lipinski definition) is 2. The summed E-state index contributed by atoms with van der Waals surface area (Å²) in [5.74, 6) is -0.500. The molecule has 3 rings (SSSR count). The zero-order valence-corrected chi connectivity index (χ0v) is 11.1. The van der Waals surface area contributed by atoms with E-state index >= 15 is 0 Å². The maximum absolute atomic E-state index is 12.9. The van der Waals surface area contributed by atoms with Crippen LogP contribution in [0.1, 0.15) is 22.8 Å². The number of fused-ring (bicyclic) bond motifs is 1. The van der Waals surface area contributed by atoms with Gasteiger partial charge in [-0.3, -0.25) is 4.79 Å². The number of rotatable bonds is 2. The molecule has 2 aromatic carbocycles. The van der Waals surface area contributed by atoms with Crippen molar-refractivity contribution in [1.82, 2.24) is 0 Å². The molecule has 2 N–H and O–H groups in total. The van der Waals surface area contributed by atoms with E-state index in [0.29, 0.717) is 21.8 Å². The summed E-state index contributed by atoms with van der Waals surface area (Å²) in [6.45, 7) is 0. The van der Waals surface area contributed by atoms with Crippen LogP contribution >= 0.6 is 11.6 Å². The van der Waals surface area contributed by atoms with Gasteiger partial charge >= 0.3 is 0 Å². The Kier molecular flexibility index (Phi) is 3.20. The second-order valence-corrected chi connectivity index (χ2v) is 5.14. The van der Waals surface area contributed by atoms with Crippen LogP contribution in [0.3, 0.4) is 0 Å². The Morgan fingerprint density at radius 1 is 1.25 bits per heavy atom. The molecule has 0 aromatic heterocycles. The molecule has 1 amide bonds. The smallest absolute Gasteiger partial charge is 0.228 e. The van der Waals surface area contributed by atoms with Gasteiger partial charge in [0.15, 0.2) is 0 Å². The van der Waals surface area contributed by atoms with E-state index in [1.807, 2.05) is 0 Å². The van der Waals surface area contributed by atoms with Crippen LogP contribution in [-0.2, 0) is 11.2 Å².